The minimum absolute atomic E-state index is 0.194. The van der Waals surface area contributed by atoms with Crippen LogP contribution in [0.5, 0.6) is 5.75 Å². The summed E-state index contributed by atoms with van der Waals surface area (Å²) < 4.78 is 5.15. The summed E-state index contributed by atoms with van der Waals surface area (Å²) in [6.07, 6.45) is 0. The third-order valence-electron chi connectivity index (χ3n) is 3.67. The molecule has 23 heavy (non-hydrogen) atoms. The molecule has 0 atom stereocenters. The molecular weight excluding hydrogens is 290 g/mol. The van der Waals surface area contributed by atoms with Gasteiger partial charge in [-0.2, -0.15) is 0 Å². The van der Waals surface area contributed by atoms with E-state index in [0.717, 1.165) is 16.9 Å². The minimum atomic E-state index is -0.194. The highest BCUT2D eigenvalue weighted by Crippen LogP contribution is 2.19. The van der Waals surface area contributed by atoms with E-state index in [2.05, 4.69) is 15.3 Å². The molecule has 1 heterocycles. The maximum absolute atomic E-state index is 12.4. The van der Waals surface area contributed by atoms with Gasteiger partial charge in [-0.15, -0.1) is 0 Å². The highest BCUT2D eigenvalue weighted by molar-refractivity contribution is 6.05. The molecule has 0 spiro atoms. The number of amides is 1. The summed E-state index contributed by atoms with van der Waals surface area (Å²) in [6.45, 7) is 3.83. The van der Waals surface area contributed by atoms with E-state index in [4.69, 9.17) is 4.74 Å². The molecule has 3 aromatic rings. The van der Waals surface area contributed by atoms with Crippen LogP contribution < -0.4 is 10.1 Å². The number of benzene rings is 2. The molecule has 0 aliphatic rings. The Labute approximate surface area is 134 Å². The first kappa shape index (κ1) is 15.0. The molecule has 1 aromatic heterocycles. The van der Waals surface area contributed by atoms with Crippen molar-refractivity contribution in [2.45, 2.75) is 13.8 Å². The van der Waals surface area contributed by atoms with Crippen LogP contribution in [0.2, 0.25) is 0 Å². The Morgan fingerprint density at radius 2 is 1.74 bits per heavy atom. The van der Waals surface area contributed by atoms with Crippen LogP contribution in [0.25, 0.3) is 11.0 Å². The Morgan fingerprint density at radius 1 is 1.00 bits per heavy atom. The lowest BCUT2D eigenvalue weighted by Gasteiger charge is -2.08. The molecule has 1 amide bonds. The molecule has 5 nitrogen and oxygen atoms in total. The van der Waals surface area contributed by atoms with Gasteiger partial charge in [0.1, 0.15) is 5.75 Å². The molecule has 0 saturated heterocycles. The molecule has 1 N–H and O–H groups in total. The molecule has 0 saturated carbocycles. The monoisotopic (exact) mass is 307 g/mol. The summed E-state index contributed by atoms with van der Waals surface area (Å²) in [5.74, 6) is 0.499. The molecule has 5 heteroatoms. The zero-order valence-corrected chi connectivity index (χ0v) is 13.3. The molecule has 0 bridgehead atoms. The molecule has 2 aromatic carbocycles. The number of aryl methyl sites for hydroxylation is 2. The standard InChI is InChI=1S/C18H17N3O2/c1-11-12(2)20-17-9-13(7-8-16(17)19-11)18(22)21-14-5-4-6-15(10-14)23-3/h4-10H,1-3H3,(H,21,22). The Bertz CT molecular complexity index is 891. The van der Waals surface area contributed by atoms with Gasteiger partial charge in [0.2, 0.25) is 0 Å². The van der Waals surface area contributed by atoms with Crippen molar-refractivity contribution in [1.82, 2.24) is 9.97 Å². The number of nitrogens with zero attached hydrogens (tertiary/aromatic N) is 2. The van der Waals surface area contributed by atoms with E-state index in [-0.39, 0.29) is 5.91 Å². The van der Waals surface area contributed by atoms with E-state index in [9.17, 15) is 4.79 Å². The van der Waals surface area contributed by atoms with Gasteiger partial charge in [-0.05, 0) is 44.2 Å². The number of aromatic nitrogens is 2. The third-order valence-corrected chi connectivity index (χ3v) is 3.67. The second kappa shape index (κ2) is 6.04. The van der Waals surface area contributed by atoms with E-state index in [0.29, 0.717) is 22.5 Å². The fourth-order valence-electron chi connectivity index (χ4n) is 2.28. The fourth-order valence-corrected chi connectivity index (χ4v) is 2.28. The van der Waals surface area contributed by atoms with Gasteiger partial charge in [0.25, 0.3) is 5.91 Å². The fraction of sp³-hybridized carbons (Fsp3) is 0.167. The van der Waals surface area contributed by atoms with Gasteiger partial charge in [-0.1, -0.05) is 6.07 Å². The first-order valence-corrected chi connectivity index (χ1v) is 7.27. The van der Waals surface area contributed by atoms with E-state index in [1.807, 2.05) is 38.1 Å². The Morgan fingerprint density at radius 3 is 2.48 bits per heavy atom. The van der Waals surface area contributed by atoms with Crippen LogP contribution in [0, 0.1) is 13.8 Å². The number of nitrogens with one attached hydrogen (secondary N) is 1. The first-order valence-electron chi connectivity index (χ1n) is 7.27. The van der Waals surface area contributed by atoms with Crippen molar-refractivity contribution in [3.63, 3.8) is 0 Å². The highest BCUT2D eigenvalue weighted by atomic mass is 16.5. The summed E-state index contributed by atoms with van der Waals surface area (Å²) in [6, 6.07) is 12.6. The van der Waals surface area contributed by atoms with Crippen molar-refractivity contribution in [3.05, 3.63) is 59.4 Å². The molecule has 0 aliphatic heterocycles. The largest absolute Gasteiger partial charge is 0.497 e. The summed E-state index contributed by atoms with van der Waals surface area (Å²) in [5.41, 5.74) is 4.48. The van der Waals surface area contributed by atoms with Crippen molar-refractivity contribution in [2.75, 3.05) is 12.4 Å². The van der Waals surface area contributed by atoms with Crippen molar-refractivity contribution in [1.29, 1.82) is 0 Å². The van der Waals surface area contributed by atoms with Crippen LogP contribution in [0.3, 0.4) is 0 Å². The van der Waals surface area contributed by atoms with Crippen LogP contribution in [-0.2, 0) is 0 Å². The quantitative estimate of drug-likeness (QED) is 0.804. The smallest absolute Gasteiger partial charge is 0.255 e. The maximum atomic E-state index is 12.4. The van der Waals surface area contributed by atoms with Gasteiger partial charge < -0.3 is 10.1 Å². The minimum Gasteiger partial charge on any atom is -0.497 e. The average molecular weight is 307 g/mol. The number of carbonyl (C=O) groups excluding carboxylic acids is 1. The number of hydrogen-bond acceptors (Lipinski definition) is 4. The van der Waals surface area contributed by atoms with Crippen LogP contribution in [-0.4, -0.2) is 23.0 Å². The summed E-state index contributed by atoms with van der Waals surface area (Å²) in [4.78, 5) is 21.4. The number of rotatable bonds is 3. The molecule has 116 valence electrons. The Balaban J connectivity index is 1.89. The van der Waals surface area contributed by atoms with Crippen molar-refractivity contribution >= 4 is 22.6 Å². The second-order valence-corrected chi connectivity index (χ2v) is 5.28. The zero-order chi connectivity index (χ0) is 16.4. The lowest BCUT2D eigenvalue weighted by molar-refractivity contribution is 0.102. The predicted octanol–water partition coefficient (Wildman–Crippen LogP) is 3.51. The number of ether oxygens (including phenoxy) is 1. The van der Waals surface area contributed by atoms with Crippen molar-refractivity contribution < 1.29 is 9.53 Å². The predicted molar refractivity (Wildman–Crippen MR) is 90.0 cm³/mol. The van der Waals surface area contributed by atoms with Crippen molar-refractivity contribution in [2.24, 2.45) is 0 Å². The Hall–Kier alpha value is -2.95. The topological polar surface area (TPSA) is 64.1 Å². The zero-order valence-electron chi connectivity index (χ0n) is 13.3. The van der Waals surface area contributed by atoms with Crippen LogP contribution in [0.1, 0.15) is 21.7 Å². The first-order chi connectivity index (χ1) is 11.1. The van der Waals surface area contributed by atoms with Crippen LogP contribution in [0.15, 0.2) is 42.5 Å². The summed E-state index contributed by atoms with van der Waals surface area (Å²) in [7, 11) is 1.59. The molecule has 3 rings (SSSR count). The van der Waals surface area contributed by atoms with Gasteiger partial charge >= 0.3 is 0 Å². The van der Waals surface area contributed by atoms with Gasteiger partial charge in [-0.3, -0.25) is 4.79 Å². The van der Waals surface area contributed by atoms with Gasteiger partial charge in [-0.25, -0.2) is 9.97 Å². The molecule has 0 fully saturated rings. The second-order valence-electron chi connectivity index (χ2n) is 5.28. The van der Waals surface area contributed by atoms with Crippen LogP contribution in [0.4, 0.5) is 5.69 Å². The van der Waals surface area contributed by atoms with E-state index in [1.54, 1.807) is 25.3 Å². The molecular formula is C18H17N3O2. The lowest BCUT2D eigenvalue weighted by atomic mass is 10.1. The summed E-state index contributed by atoms with van der Waals surface area (Å²) in [5, 5.41) is 2.86. The lowest BCUT2D eigenvalue weighted by Crippen LogP contribution is -2.12. The number of methoxy groups -OCH3 is 1. The molecule has 0 radical (unpaired) electrons. The van der Waals surface area contributed by atoms with Gasteiger partial charge in [0.05, 0.1) is 29.5 Å². The number of hydrogen-bond donors (Lipinski definition) is 1. The highest BCUT2D eigenvalue weighted by Gasteiger charge is 2.09. The SMILES string of the molecule is COc1cccc(NC(=O)c2ccc3nc(C)c(C)nc3c2)c1. The number of carbonyl (C=O) groups is 1. The van der Waals surface area contributed by atoms with E-state index >= 15 is 0 Å². The normalized spacial score (nSPS) is 10.6. The van der Waals surface area contributed by atoms with Crippen molar-refractivity contribution in [3.8, 4) is 5.75 Å². The number of fused-ring (bicyclic) bond motifs is 1. The van der Waals surface area contributed by atoms with Crippen LogP contribution >= 0.6 is 0 Å². The van der Waals surface area contributed by atoms with Gasteiger partial charge in [0, 0.05) is 17.3 Å². The maximum Gasteiger partial charge on any atom is 0.255 e. The van der Waals surface area contributed by atoms with E-state index < -0.39 is 0 Å². The molecule has 0 aliphatic carbocycles. The Kier molecular flexibility index (Phi) is 3.93. The molecule has 0 unspecified atom stereocenters. The van der Waals surface area contributed by atoms with E-state index in [1.165, 1.54) is 0 Å². The number of anilines is 1. The van der Waals surface area contributed by atoms with Gasteiger partial charge in [0.15, 0.2) is 0 Å². The summed E-state index contributed by atoms with van der Waals surface area (Å²) >= 11 is 0. The average Bonchev–Trinajstić information content (AvgIpc) is 2.55. The third kappa shape index (κ3) is 3.13.